The molecule has 1 saturated carbocycles. The van der Waals surface area contributed by atoms with E-state index in [0.717, 1.165) is 30.8 Å². The number of rotatable bonds is 6. The average molecular weight is 311 g/mol. The molecular formula is C18H21N3O2. The van der Waals surface area contributed by atoms with Crippen molar-refractivity contribution in [3.05, 3.63) is 53.9 Å². The molecule has 1 aromatic heterocycles. The van der Waals surface area contributed by atoms with Crippen LogP contribution in [0.5, 0.6) is 5.75 Å². The van der Waals surface area contributed by atoms with Gasteiger partial charge in [0.2, 0.25) is 0 Å². The summed E-state index contributed by atoms with van der Waals surface area (Å²) in [5.41, 5.74) is 7.73. The number of hydrogen-bond acceptors (Lipinski definition) is 4. The Hall–Kier alpha value is -2.56. The number of benzene rings is 1. The van der Waals surface area contributed by atoms with Crippen LogP contribution in [0.4, 0.5) is 5.69 Å². The van der Waals surface area contributed by atoms with Crippen molar-refractivity contribution in [2.75, 3.05) is 19.0 Å². The molecule has 0 atom stereocenters. The zero-order valence-corrected chi connectivity index (χ0v) is 13.2. The van der Waals surface area contributed by atoms with E-state index in [4.69, 9.17) is 10.5 Å². The van der Waals surface area contributed by atoms with E-state index in [-0.39, 0.29) is 11.1 Å². The lowest BCUT2D eigenvalue weighted by molar-refractivity contribution is 0.0995. The molecule has 0 bridgehead atoms. The van der Waals surface area contributed by atoms with Crippen LogP contribution in [-0.2, 0) is 5.41 Å². The number of hydrogen-bond donors (Lipinski definition) is 2. The number of ether oxygens (including phenoxy) is 1. The number of methoxy groups -OCH3 is 1. The van der Waals surface area contributed by atoms with Gasteiger partial charge in [0.05, 0.1) is 7.11 Å². The van der Waals surface area contributed by atoms with Crippen molar-refractivity contribution in [2.24, 2.45) is 5.73 Å². The number of para-hydroxylation sites is 1. The zero-order valence-electron chi connectivity index (χ0n) is 13.2. The van der Waals surface area contributed by atoms with Gasteiger partial charge >= 0.3 is 0 Å². The largest absolute Gasteiger partial charge is 0.496 e. The quantitative estimate of drug-likeness (QED) is 0.860. The molecule has 0 unspecified atom stereocenters. The minimum Gasteiger partial charge on any atom is -0.496 e. The van der Waals surface area contributed by atoms with E-state index in [1.54, 1.807) is 19.4 Å². The fraction of sp³-hybridized carbons (Fsp3) is 0.333. The summed E-state index contributed by atoms with van der Waals surface area (Å²) >= 11 is 0. The van der Waals surface area contributed by atoms with Crippen molar-refractivity contribution in [1.29, 1.82) is 0 Å². The number of nitrogens with one attached hydrogen (secondary N) is 1. The lowest BCUT2D eigenvalue weighted by atomic mass is 9.64. The summed E-state index contributed by atoms with van der Waals surface area (Å²) in [4.78, 5) is 15.2. The number of nitrogens with zero attached hydrogens (tertiary/aromatic N) is 1. The number of nitrogens with two attached hydrogens (primary N) is 1. The van der Waals surface area contributed by atoms with E-state index in [2.05, 4.69) is 22.4 Å². The summed E-state index contributed by atoms with van der Waals surface area (Å²) in [6, 6.07) is 11.7. The van der Waals surface area contributed by atoms with Gasteiger partial charge in [0.25, 0.3) is 5.91 Å². The highest BCUT2D eigenvalue weighted by Gasteiger charge is 2.40. The third kappa shape index (κ3) is 2.99. The molecule has 120 valence electrons. The van der Waals surface area contributed by atoms with Gasteiger partial charge in [0.1, 0.15) is 11.4 Å². The second-order valence-electron chi connectivity index (χ2n) is 5.98. The second-order valence-corrected chi connectivity index (χ2v) is 5.98. The van der Waals surface area contributed by atoms with Crippen LogP contribution in [-0.4, -0.2) is 24.5 Å². The fourth-order valence-electron chi connectivity index (χ4n) is 3.17. The molecule has 2 aromatic rings. The Kier molecular flexibility index (Phi) is 4.19. The van der Waals surface area contributed by atoms with Crippen LogP contribution in [0, 0.1) is 0 Å². The normalized spacial score (nSPS) is 15.5. The Bertz CT molecular complexity index is 711. The second kappa shape index (κ2) is 6.28. The molecule has 0 spiro atoms. The van der Waals surface area contributed by atoms with Crippen LogP contribution < -0.4 is 15.8 Å². The van der Waals surface area contributed by atoms with Gasteiger partial charge in [0, 0.05) is 29.4 Å². The summed E-state index contributed by atoms with van der Waals surface area (Å²) in [7, 11) is 1.71. The molecular weight excluding hydrogens is 290 g/mol. The molecule has 5 nitrogen and oxygen atoms in total. The first-order chi connectivity index (χ1) is 11.1. The zero-order chi connectivity index (χ0) is 16.3. The van der Waals surface area contributed by atoms with Crippen LogP contribution in [0.15, 0.2) is 42.6 Å². The third-order valence-electron chi connectivity index (χ3n) is 4.63. The van der Waals surface area contributed by atoms with E-state index < -0.39 is 5.91 Å². The number of anilines is 1. The lowest BCUT2D eigenvalue weighted by Gasteiger charge is -2.43. The van der Waals surface area contributed by atoms with E-state index in [1.807, 2.05) is 18.2 Å². The minimum atomic E-state index is -0.517. The Balaban J connectivity index is 1.80. The van der Waals surface area contributed by atoms with Crippen molar-refractivity contribution in [2.45, 2.75) is 24.7 Å². The maximum atomic E-state index is 11.2. The van der Waals surface area contributed by atoms with E-state index in [1.165, 1.54) is 12.0 Å². The predicted octanol–water partition coefficient (Wildman–Crippen LogP) is 2.72. The van der Waals surface area contributed by atoms with Crippen molar-refractivity contribution in [3.8, 4) is 5.75 Å². The van der Waals surface area contributed by atoms with Crippen LogP contribution in [0.25, 0.3) is 0 Å². The van der Waals surface area contributed by atoms with Crippen LogP contribution in [0.2, 0.25) is 0 Å². The predicted molar refractivity (Wildman–Crippen MR) is 89.8 cm³/mol. The summed E-state index contributed by atoms with van der Waals surface area (Å²) in [6.07, 6.45) is 5.05. The third-order valence-corrected chi connectivity index (χ3v) is 4.63. The maximum Gasteiger partial charge on any atom is 0.267 e. The van der Waals surface area contributed by atoms with Crippen LogP contribution in [0.3, 0.4) is 0 Å². The molecule has 0 radical (unpaired) electrons. The van der Waals surface area contributed by atoms with E-state index >= 15 is 0 Å². The number of aromatic nitrogens is 1. The smallest absolute Gasteiger partial charge is 0.267 e. The van der Waals surface area contributed by atoms with Gasteiger partial charge in [0.15, 0.2) is 0 Å². The van der Waals surface area contributed by atoms with Crippen LogP contribution in [0.1, 0.15) is 35.3 Å². The molecule has 1 fully saturated rings. The average Bonchev–Trinajstić information content (AvgIpc) is 2.54. The number of carbonyl (C=O) groups excluding carboxylic acids is 1. The molecule has 3 rings (SSSR count). The summed E-state index contributed by atoms with van der Waals surface area (Å²) < 4.78 is 5.53. The minimum absolute atomic E-state index is 0.0722. The Morgan fingerprint density at radius 2 is 2.13 bits per heavy atom. The Labute approximate surface area is 135 Å². The molecule has 1 heterocycles. The van der Waals surface area contributed by atoms with Crippen molar-refractivity contribution in [3.63, 3.8) is 0 Å². The van der Waals surface area contributed by atoms with Crippen LogP contribution >= 0.6 is 0 Å². The lowest BCUT2D eigenvalue weighted by Crippen LogP contribution is -2.41. The highest BCUT2D eigenvalue weighted by molar-refractivity contribution is 5.91. The topological polar surface area (TPSA) is 77.2 Å². The standard InChI is InChI=1S/C18H21N3O2/c1-23-16-6-3-2-5-14(16)18(8-4-9-18)12-21-13-7-10-20-15(11-13)17(19)22/h2-3,5-7,10-11H,4,8-9,12H2,1H3,(H2,19,22)(H,20,21). The van der Waals surface area contributed by atoms with Crippen molar-refractivity contribution in [1.82, 2.24) is 4.98 Å². The van der Waals surface area contributed by atoms with Gasteiger partial charge < -0.3 is 15.8 Å². The molecule has 0 saturated heterocycles. The maximum absolute atomic E-state index is 11.2. The Morgan fingerprint density at radius 1 is 1.35 bits per heavy atom. The van der Waals surface area contributed by atoms with E-state index in [0.29, 0.717) is 0 Å². The van der Waals surface area contributed by atoms with Gasteiger partial charge in [-0.05, 0) is 31.0 Å². The van der Waals surface area contributed by atoms with Gasteiger partial charge in [-0.15, -0.1) is 0 Å². The summed E-state index contributed by atoms with van der Waals surface area (Å²) in [5.74, 6) is 0.415. The molecule has 1 amide bonds. The molecule has 23 heavy (non-hydrogen) atoms. The summed E-state index contributed by atoms with van der Waals surface area (Å²) in [6.45, 7) is 0.787. The molecule has 5 heteroatoms. The fourth-order valence-corrected chi connectivity index (χ4v) is 3.17. The number of carbonyl (C=O) groups is 1. The van der Waals surface area contributed by atoms with Crippen molar-refractivity contribution >= 4 is 11.6 Å². The molecule has 1 aliphatic rings. The molecule has 1 aromatic carbocycles. The number of amides is 1. The molecule has 0 aliphatic heterocycles. The SMILES string of the molecule is COc1ccccc1C1(CNc2ccnc(C(N)=O)c2)CCC1. The Morgan fingerprint density at radius 3 is 2.78 bits per heavy atom. The molecule has 3 N–H and O–H groups in total. The van der Waals surface area contributed by atoms with Gasteiger partial charge in [-0.2, -0.15) is 0 Å². The first kappa shape index (κ1) is 15.3. The highest BCUT2D eigenvalue weighted by atomic mass is 16.5. The van der Waals surface area contributed by atoms with Gasteiger partial charge in [-0.3, -0.25) is 9.78 Å². The van der Waals surface area contributed by atoms with Crippen molar-refractivity contribution < 1.29 is 9.53 Å². The monoisotopic (exact) mass is 311 g/mol. The first-order valence-electron chi connectivity index (χ1n) is 7.78. The van der Waals surface area contributed by atoms with E-state index in [9.17, 15) is 4.79 Å². The summed E-state index contributed by atoms with van der Waals surface area (Å²) in [5, 5.41) is 3.43. The number of pyridine rings is 1. The first-order valence-corrected chi connectivity index (χ1v) is 7.78. The highest BCUT2D eigenvalue weighted by Crippen LogP contribution is 2.47. The van der Waals surface area contributed by atoms with Gasteiger partial charge in [-0.25, -0.2) is 0 Å². The van der Waals surface area contributed by atoms with Gasteiger partial charge in [-0.1, -0.05) is 24.6 Å². The number of primary amides is 1. The molecule has 1 aliphatic carbocycles.